The van der Waals surface area contributed by atoms with E-state index >= 15 is 0 Å². The van der Waals surface area contributed by atoms with E-state index in [-0.39, 0.29) is 0 Å². The fraction of sp³-hybridized carbons (Fsp3) is 0.417. The highest BCUT2D eigenvalue weighted by Gasteiger charge is 2.18. The van der Waals surface area contributed by atoms with Gasteiger partial charge in [-0.05, 0) is 29.2 Å². The van der Waals surface area contributed by atoms with Crippen molar-refractivity contribution in [2.45, 2.75) is 32.6 Å². The minimum atomic E-state index is 0.331. The molecule has 0 amide bonds. The van der Waals surface area contributed by atoms with Gasteiger partial charge in [0.05, 0.1) is 5.69 Å². The maximum atomic E-state index is 9.81. The number of nitrogens with zero attached hydrogens (tertiary/aromatic N) is 1. The average molecular weight is 189 g/mol. The van der Waals surface area contributed by atoms with Crippen LogP contribution in [-0.2, 0) is 0 Å². The Hall–Kier alpha value is -1.31. The van der Waals surface area contributed by atoms with Gasteiger partial charge in [-0.1, -0.05) is 20.8 Å². The van der Waals surface area contributed by atoms with Gasteiger partial charge in [-0.3, -0.25) is 4.99 Å². The van der Waals surface area contributed by atoms with Crippen molar-refractivity contribution in [2.24, 2.45) is 4.99 Å². The molecule has 0 aromatic heterocycles. The quantitative estimate of drug-likeness (QED) is 0.722. The second-order valence-corrected chi connectivity index (χ2v) is 4.19. The molecule has 2 rings (SSSR count). The van der Waals surface area contributed by atoms with Crippen LogP contribution in [0.15, 0.2) is 17.1 Å². The number of fused-ring (bicyclic) bond motifs is 1. The first-order valence-electron chi connectivity index (χ1n) is 5.00. The Morgan fingerprint density at radius 3 is 2.71 bits per heavy atom. The first kappa shape index (κ1) is 9.25. The molecule has 0 aliphatic carbocycles. The molecule has 2 nitrogen and oxygen atoms in total. The van der Waals surface area contributed by atoms with Crippen molar-refractivity contribution in [1.82, 2.24) is 0 Å². The minimum Gasteiger partial charge on any atom is -0.508 e. The van der Waals surface area contributed by atoms with Crippen LogP contribution in [0.4, 0.5) is 5.69 Å². The van der Waals surface area contributed by atoms with Gasteiger partial charge in [-0.15, -0.1) is 0 Å². The monoisotopic (exact) mass is 189 g/mol. The number of rotatable bonds is 1. The zero-order valence-electron chi connectivity index (χ0n) is 8.78. The third-order valence-electron chi connectivity index (χ3n) is 2.73. The molecule has 1 N–H and O–H groups in total. The van der Waals surface area contributed by atoms with E-state index < -0.39 is 0 Å². The fourth-order valence-electron chi connectivity index (χ4n) is 1.82. The summed E-state index contributed by atoms with van der Waals surface area (Å²) < 4.78 is 0. The summed E-state index contributed by atoms with van der Waals surface area (Å²) in [4.78, 5) is 4.33. The van der Waals surface area contributed by atoms with E-state index in [1.54, 1.807) is 0 Å². The second-order valence-electron chi connectivity index (χ2n) is 4.19. The van der Waals surface area contributed by atoms with Crippen molar-refractivity contribution in [2.75, 3.05) is 0 Å². The molecule has 1 aromatic rings. The molecule has 0 bridgehead atoms. The van der Waals surface area contributed by atoms with Crippen molar-refractivity contribution in [1.29, 1.82) is 0 Å². The molecule has 0 spiro atoms. The Morgan fingerprint density at radius 2 is 2.07 bits per heavy atom. The molecule has 0 saturated heterocycles. The summed E-state index contributed by atoms with van der Waals surface area (Å²) in [7, 11) is 0. The smallest absolute Gasteiger partial charge is 0.119 e. The van der Waals surface area contributed by atoms with Gasteiger partial charge in [-0.2, -0.15) is 0 Å². The number of aromatic hydroxyl groups is 1. The fourth-order valence-corrected chi connectivity index (χ4v) is 1.82. The van der Waals surface area contributed by atoms with Crippen LogP contribution in [0.5, 0.6) is 5.75 Å². The molecule has 1 atom stereocenters. The molecule has 1 aliphatic heterocycles. The van der Waals surface area contributed by atoms with Crippen LogP contribution in [0.3, 0.4) is 0 Å². The summed E-state index contributed by atoms with van der Waals surface area (Å²) in [5.74, 6) is 1.07. The van der Waals surface area contributed by atoms with Gasteiger partial charge in [0.1, 0.15) is 5.75 Å². The molecule has 1 heterocycles. The van der Waals surface area contributed by atoms with Gasteiger partial charge >= 0.3 is 0 Å². The molecule has 14 heavy (non-hydrogen) atoms. The zero-order chi connectivity index (χ0) is 10.3. The van der Waals surface area contributed by atoms with Gasteiger partial charge in [0, 0.05) is 12.1 Å². The third-order valence-corrected chi connectivity index (χ3v) is 2.73. The van der Waals surface area contributed by atoms with Crippen LogP contribution in [0.1, 0.15) is 43.7 Å². The average Bonchev–Trinajstić information content (AvgIpc) is 2.46. The minimum absolute atomic E-state index is 0.331. The van der Waals surface area contributed by atoms with E-state index in [1.807, 2.05) is 18.3 Å². The van der Waals surface area contributed by atoms with Crippen molar-refractivity contribution < 1.29 is 5.11 Å². The molecule has 0 saturated carbocycles. The number of aliphatic imine (C=N–C) groups is 1. The van der Waals surface area contributed by atoms with Gasteiger partial charge in [0.25, 0.3) is 0 Å². The number of benzene rings is 1. The topological polar surface area (TPSA) is 32.6 Å². The van der Waals surface area contributed by atoms with Gasteiger partial charge in [0.15, 0.2) is 0 Å². The maximum absolute atomic E-state index is 9.81. The molecule has 1 aromatic carbocycles. The lowest BCUT2D eigenvalue weighted by Crippen LogP contribution is -1.92. The number of phenols is 1. The van der Waals surface area contributed by atoms with Crippen molar-refractivity contribution in [3.8, 4) is 5.75 Å². The molecule has 2 heteroatoms. The lowest BCUT2D eigenvalue weighted by Gasteiger charge is -2.11. The van der Waals surface area contributed by atoms with Crippen LogP contribution in [0.2, 0.25) is 0 Å². The lowest BCUT2D eigenvalue weighted by atomic mass is 9.96. The summed E-state index contributed by atoms with van der Waals surface area (Å²) in [6.07, 6.45) is 1.92. The molecule has 0 fully saturated rings. The van der Waals surface area contributed by atoms with Crippen LogP contribution < -0.4 is 0 Å². The summed E-state index contributed by atoms with van der Waals surface area (Å²) in [5.41, 5.74) is 3.13. The molecule has 1 unspecified atom stereocenters. The van der Waals surface area contributed by atoms with Crippen LogP contribution >= 0.6 is 0 Å². The summed E-state index contributed by atoms with van der Waals surface area (Å²) in [6, 6.07) is 3.84. The lowest BCUT2D eigenvalue weighted by molar-refractivity contribution is 0.464. The summed E-state index contributed by atoms with van der Waals surface area (Å²) in [6.45, 7) is 6.23. The summed E-state index contributed by atoms with van der Waals surface area (Å²) >= 11 is 0. The number of hydrogen-bond donors (Lipinski definition) is 1. The van der Waals surface area contributed by atoms with Crippen molar-refractivity contribution in [3.63, 3.8) is 0 Å². The van der Waals surface area contributed by atoms with E-state index in [4.69, 9.17) is 0 Å². The molecular weight excluding hydrogens is 174 g/mol. The Kier molecular flexibility index (Phi) is 2.06. The van der Waals surface area contributed by atoms with Gasteiger partial charge in [0.2, 0.25) is 0 Å². The molecule has 0 radical (unpaired) electrons. The van der Waals surface area contributed by atoms with Gasteiger partial charge in [-0.25, -0.2) is 0 Å². The van der Waals surface area contributed by atoms with E-state index in [2.05, 4.69) is 25.8 Å². The zero-order valence-corrected chi connectivity index (χ0v) is 8.78. The van der Waals surface area contributed by atoms with Crippen molar-refractivity contribution in [3.05, 3.63) is 23.3 Å². The van der Waals surface area contributed by atoms with E-state index in [9.17, 15) is 5.11 Å². The van der Waals surface area contributed by atoms with E-state index in [0.717, 1.165) is 16.8 Å². The number of phenolic OH excluding ortho intramolecular Hbond substituents is 1. The standard InChI is InChI=1S/C12H15NO/c1-7(2)9-4-11-10(5-12(9)14)8(3)6-13-11/h4-8,14H,1-3H3. The van der Waals surface area contributed by atoms with Crippen molar-refractivity contribution >= 4 is 11.9 Å². The van der Waals surface area contributed by atoms with E-state index in [0.29, 0.717) is 17.6 Å². The first-order chi connectivity index (χ1) is 6.59. The second kappa shape index (κ2) is 3.12. The Balaban J connectivity index is 2.55. The summed E-state index contributed by atoms with van der Waals surface area (Å²) in [5, 5.41) is 9.81. The highest BCUT2D eigenvalue weighted by atomic mass is 16.3. The van der Waals surface area contributed by atoms with E-state index in [1.165, 1.54) is 0 Å². The molecule has 74 valence electrons. The number of hydrogen-bond acceptors (Lipinski definition) is 2. The highest BCUT2D eigenvalue weighted by molar-refractivity contribution is 5.81. The third kappa shape index (κ3) is 1.31. The SMILES string of the molecule is CC(C)c1cc2c(cc1O)C(C)C=N2. The Morgan fingerprint density at radius 1 is 1.36 bits per heavy atom. The normalized spacial score (nSPS) is 19.0. The Labute approximate surface area is 84.3 Å². The molecule has 1 aliphatic rings. The highest BCUT2D eigenvalue weighted by Crippen LogP contribution is 2.38. The largest absolute Gasteiger partial charge is 0.508 e. The van der Waals surface area contributed by atoms with Crippen LogP contribution in [0, 0.1) is 0 Å². The predicted molar refractivity (Wildman–Crippen MR) is 58.8 cm³/mol. The van der Waals surface area contributed by atoms with Gasteiger partial charge < -0.3 is 5.11 Å². The Bertz CT molecular complexity index is 394. The van der Waals surface area contributed by atoms with Crippen LogP contribution in [-0.4, -0.2) is 11.3 Å². The first-order valence-corrected chi connectivity index (χ1v) is 5.00. The predicted octanol–water partition coefficient (Wildman–Crippen LogP) is 3.34. The maximum Gasteiger partial charge on any atom is 0.119 e. The van der Waals surface area contributed by atoms with Crippen LogP contribution in [0.25, 0.3) is 0 Å². The molecular formula is C12H15NO.